The van der Waals surface area contributed by atoms with Crippen LogP contribution in [0.4, 0.5) is 0 Å². The van der Waals surface area contributed by atoms with Crippen LogP contribution in [-0.2, 0) is 0 Å². The van der Waals surface area contributed by atoms with Crippen LogP contribution in [0.5, 0.6) is 0 Å². The summed E-state index contributed by atoms with van der Waals surface area (Å²) in [5.41, 5.74) is 2.68. The molecule has 1 amide bonds. The number of para-hydroxylation sites is 2. The minimum atomic E-state index is -0.0318. The van der Waals surface area contributed by atoms with Crippen molar-refractivity contribution in [1.82, 2.24) is 19.9 Å². The second kappa shape index (κ2) is 6.60. The first-order valence-electron chi connectivity index (χ1n) is 9.40. The number of nitrogens with zero attached hydrogens (tertiary/aromatic N) is 3. The average molecular weight is 392 g/mol. The lowest BCUT2D eigenvalue weighted by molar-refractivity contribution is 0.0734. The van der Waals surface area contributed by atoms with E-state index in [0.717, 1.165) is 52.7 Å². The minimum Gasteiger partial charge on any atom is -0.459 e. The van der Waals surface area contributed by atoms with Crippen molar-refractivity contribution in [1.29, 1.82) is 0 Å². The number of aromatic amines is 1. The fourth-order valence-electron chi connectivity index (χ4n) is 3.80. The van der Waals surface area contributed by atoms with Crippen LogP contribution in [0.2, 0.25) is 0 Å². The van der Waals surface area contributed by atoms with Gasteiger partial charge < -0.3 is 14.3 Å². The molecular weight excluding hydrogens is 372 g/mol. The molecule has 4 aromatic rings. The van der Waals surface area contributed by atoms with E-state index in [-0.39, 0.29) is 11.9 Å². The highest BCUT2D eigenvalue weighted by molar-refractivity contribution is 7.17. The van der Waals surface area contributed by atoms with Crippen molar-refractivity contribution < 1.29 is 9.21 Å². The third kappa shape index (κ3) is 2.82. The molecule has 1 atom stereocenters. The first-order chi connectivity index (χ1) is 13.6. The van der Waals surface area contributed by atoms with E-state index < -0.39 is 0 Å². The summed E-state index contributed by atoms with van der Waals surface area (Å²) in [5, 5.41) is 0.744. The molecule has 1 N–H and O–H groups in total. The number of likely N-dealkylation sites (tertiary alicyclic amines) is 1. The number of hydrogen-bond donors (Lipinski definition) is 1. The van der Waals surface area contributed by atoms with E-state index in [1.165, 1.54) is 11.3 Å². The maximum Gasteiger partial charge on any atom is 0.266 e. The molecule has 0 aliphatic carbocycles. The molecule has 1 aliphatic heterocycles. The second-order valence-corrected chi connectivity index (χ2v) is 8.14. The largest absolute Gasteiger partial charge is 0.459 e. The summed E-state index contributed by atoms with van der Waals surface area (Å²) >= 11 is 1.40. The van der Waals surface area contributed by atoms with Crippen molar-refractivity contribution >= 4 is 28.3 Å². The highest BCUT2D eigenvalue weighted by Gasteiger charge is 2.34. The molecule has 142 valence electrons. The molecule has 1 aliphatic rings. The number of amides is 1. The van der Waals surface area contributed by atoms with Gasteiger partial charge in [-0.05, 0) is 51.0 Å². The highest BCUT2D eigenvalue weighted by atomic mass is 32.1. The van der Waals surface area contributed by atoms with E-state index >= 15 is 0 Å². The van der Waals surface area contributed by atoms with E-state index in [4.69, 9.17) is 9.40 Å². The Balaban J connectivity index is 1.46. The van der Waals surface area contributed by atoms with Gasteiger partial charge >= 0.3 is 0 Å². The normalized spacial score (nSPS) is 16.9. The first kappa shape index (κ1) is 17.2. The number of carbonyl (C=O) groups excluding carboxylic acids is 1. The zero-order chi connectivity index (χ0) is 19.3. The summed E-state index contributed by atoms with van der Waals surface area (Å²) in [6, 6.07) is 11.7. The van der Waals surface area contributed by atoms with E-state index in [1.807, 2.05) is 55.1 Å². The molecule has 1 aromatic carbocycles. The first-order valence-corrected chi connectivity index (χ1v) is 10.2. The van der Waals surface area contributed by atoms with Crippen molar-refractivity contribution in [3.05, 3.63) is 58.6 Å². The van der Waals surface area contributed by atoms with Crippen LogP contribution < -0.4 is 0 Å². The van der Waals surface area contributed by atoms with Gasteiger partial charge in [-0.2, -0.15) is 0 Å². The topological polar surface area (TPSA) is 75.0 Å². The Hall–Kier alpha value is -2.93. The van der Waals surface area contributed by atoms with Crippen molar-refractivity contribution in [2.75, 3.05) is 6.54 Å². The molecule has 7 heteroatoms. The van der Waals surface area contributed by atoms with Crippen LogP contribution in [0.15, 0.2) is 40.8 Å². The number of benzene rings is 1. The van der Waals surface area contributed by atoms with Gasteiger partial charge in [-0.25, -0.2) is 9.97 Å². The Kier molecular flexibility index (Phi) is 4.05. The summed E-state index contributed by atoms with van der Waals surface area (Å²) in [6.07, 6.45) is 1.88. The summed E-state index contributed by atoms with van der Waals surface area (Å²) in [5.74, 6) is 2.42. The third-order valence-corrected chi connectivity index (χ3v) is 6.34. The fourth-order valence-corrected chi connectivity index (χ4v) is 4.79. The van der Waals surface area contributed by atoms with E-state index in [0.29, 0.717) is 10.6 Å². The molecule has 0 saturated carbocycles. The monoisotopic (exact) mass is 392 g/mol. The maximum absolute atomic E-state index is 13.3. The second-order valence-electron chi connectivity index (χ2n) is 7.14. The minimum absolute atomic E-state index is 0.0208. The van der Waals surface area contributed by atoms with E-state index in [1.54, 1.807) is 0 Å². The summed E-state index contributed by atoms with van der Waals surface area (Å²) < 4.78 is 5.68. The third-order valence-electron chi connectivity index (χ3n) is 5.18. The van der Waals surface area contributed by atoms with Gasteiger partial charge in [-0.1, -0.05) is 12.1 Å². The van der Waals surface area contributed by atoms with Crippen LogP contribution in [0.25, 0.3) is 21.8 Å². The van der Waals surface area contributed by atoms with Gasteiger partial charge in [-0.3, -0.25) is 4.79 Å². The lowest BCUT2D eigenvalue weighted by Gasteiger charge is -2.22. The number of thiazole rings is 1. The molecule has 28 heavy (non-hydrogen) atoms. The average Bonchev–Trinajstić information content (AvgIpc) is 3.46. The van der Waals surface area contributed by atoms with E-state index in [9.17, 15) is 4.79 Å². The molecular formula is C21H20N4O2S. The number of carbonyl (C=O) groups is 1. The molecule has 4 heterocycles. The molecule has 0 unspecified atom stereocenters. The molecule has 5 rings (SSSR count). The van der Waals surface area contributed by atoms with Gasteiger partial charge in [0.05, 0.1) is 22.8 Å². The molecule has 6 nitrogen and oxygen atoms in total. The highest BCUT2D eigenvalue weighted by Crippen LogP contribution is 2.36. The van der Waals surface area contributed by atoms with Gasteiger partial charge in [0, 0.05) is 6.54 Å². The van der Waals surface area contributed by atoms with Crippen molar-refractivity contribution in [2.24, 2.45) is 0 Å². The Morgan fingerprint density at radius 2 is 2.07 bits per heavy atom. The summed E-state index contributed by atoms with van der Waals surface area (Å²) in [4.78, 5) is 28.6. The number of hydrogen-bond acceptors (Lipinski definition) is 5. The fraction of sp³-hybridized carbons (Fsp3) is 0.286. The van der Waals surface area contributed by atoms with Gasteiger partial charge in [-0.15, -0.1) is 11.3 Å². The molecule has 1 fully saturated rings. The van der Waals surface area contributed by atoms with Crippen LogP contribution in [-0.4, -0.2) is 32.3 Å². The number of rotatable bonds is 3. The predicted molar refractivity (Wildman–Crippen MR) is 108 cm³/mol. The van der Waals surface area contributed by atoms with Crippen molar-refractivity contribution in [3.63, 3.8) is 0 Å². The number of imidazole rings is 1. The number of aromatic nitrogens is 3. The van der Waals surface area contributed by atoms with Crippen LogP contribution in [0.3, 0.4) is 0 Å². The Morgan fingerprint density at radius 3 is 2.86 bits per heavy atom. The molecule has 0 spiro atoms. The Bertz CT molecular complexity index is 1140. The van der Waals surface area contributed by atoms with Crippen LogP contribution in [0.1, 0.15) is 45.8 Å². The number of nitrogens with one attached hydrogen (secondary N) is 1. The summed E-state index contributed by atoms with van der Waals surface area (Å²) in [7, 11) is 0. The Morgan fingerprint density at radius 1 is 1.21 bits per heavy atom. The van der Waals surface area contributed by atoms with Gasteiger partial charge in [0.2, 0.25) is 0 Å². The SMILES string of the molecule is Cc1ccc(-c2nc(C)c(C(=O)N3CCC[C@@H]3c3nc4ccccc4[nH]3)s2)o1. The van der Waals surface area contributed by atoms with Gasteiger partial charge in [0.15, 0.2) is 10.8 Å². The van der Waals surface area contributed by atoms with Gasteiger partial charge in [0.25, 0.3) is 5.91 Å². The van der Waals surface area contributed by atoms with E-state index in [2.05, 4.69) is 9.97 Å². The smallest absolute Gasteiger partial charge is 0.266 e. The zero-order valence-corrected chi connectivity index (χ0v) is 16.5. The molecule has 0 radical (unpaired) electrons. The lowest BCUT2D eigenvalue weighted by Crippen LogP contribution is -2.31. The van der Waals surface area contributed by atoms with Crippen LogP contribution in [0, 0.1) is 13.8 Å². The Labute approximate surface area is 166 Å². The van der Waals surface area contributed by atoms with Crippen LogP contribution >= 0.6 is 11.3 Å². The quantitative estimate of drug-likeness (QED) is 0.539. The maximum atomic E-state index is 13.3. The predicted octanol–water partition coefficient (Wildman–Crippen LogP) is 4.87. The zero-order valence-electron chi connectivity index (χ0n) is 15.7. The summed E-state index contributed by atoms with van der Waals surface area (Å²) in [6.45, 7) is 4.51. The number of H-pyrrole nitrogens is 1. The molecule has 0 bridgehead atoms. The number of furan rings is 1. The van der Waals surface area contributed by atoms with Crippen molar-refractivity contribution in [2.45, 2.75) is 32.7 Å². The molecule has 1 saturated heterocycles. The molecule has 3 aromatic heterocycles. The standard InChI is InChI=1S/C21H20N4O2S/c1-12-9-10-17(27-12)20-22-13(2)18(28-20)21(26)25-11-5-8-16(25)19-23-14-6-3-4-7-15(14)24-19/h3-4,6-7,9-10,16H,5,8,11H2,1-2H3,(H,23,24)/t16-/m1/s1. The number of aryl methyl sites for hydroxylation is 2. The number of fused-ring (bicyclic) bond motifs is 1. The van der Waals surface area contributed by atoms with Gasteiger partial charge in [0.1, 0.15) is 16.5 Å². The van der Waals surface area contributed by atoms with Crippen molar-refractivity contribution in [3.8, 4) is 10.8 Å². The lowest BCUT2D eigenvalue weighted by atomic mass is 10.2.